The van der Waals surface area contributed by atoms with Crippen LogP contribution in [-0.2, 0) is 23.6 Å². The smallest absolute Gasteiger partial charge is 0.319 e. The lowest BCUT2D eigenvalue weighted by molar-refractivity contribution is -0.921. The molecule has 11 heteroatoms. The second-order valence-corrected chi connectivity index (χ2v) is 9.93. The molecule has 0 saturated heterocycles. The predicted molar refractivity (Wildman–Crippen MR) is 114 cm³/mol. The van der Waals surface area contributed by atoms with Crippen molar-refractivity contribution in [3.63, 3.8) is 0 Å². The first-order chi connectivity index (χ1) is 11.1. The molecule has 25 heavy (non-hydrogen) atoms. The van der Waals surface area contributed by atoms with Crippen molar-refractivity contribution in [3.05, 3.63) is 0 Å². The normalized spacial score (nSPS) is 10.5. The Kier molecular flexibility index (Phi) is 34.0. The van der Waals surface area contributed by atoms with Crippen LogP contribution in [0.25, 0.3) is 0 Å². The molecule has 0 spiro atoms. The van der Waals surface area contributed by atoms with Crippen molar-refractivity contribution < 1.29 is 33.8 Å². The van der Waals surface area contributed by atoms with E-state index in [0.717, 1.165) is 0 Å². The van der Waals surface area contributed by atoms with Crippen molar-refractivity contribution in [2.45, 2.75) is 68.2 Å². The van der Waals surface area contributed by atoms with E-state index in [-0.39, 0.29) is 0 Å². The Morgan fingerprint density at radius 2 is 0.720 bits per heavy atom. The second-order valence-electron chi connectivity index (χ2n) is 5.02. The van der Waals surface area contributed by atoms with Crippen LogP contribution < -0.4 is 4.89 Å². The molecule has 0 aliphatic carbocycles. The second kappa shape index (κ2) is 23.1. The summed E-state index contributed by atoms with van der Waals surface area (Å²) in [6, 6.07) is 0. The van der Waals surface area contributed by atoms with Crippen molar-refractivity contribution in [3.8, 4) is 0 Å². The standard InChI is InChI=1S/C8H20N.2C3H8.2H3O3PS/c1-5-9(6-2,7-3)8-4;2*1-3-2;2*1-4(2,3)5/h5-8H2,1-4H3;2*3H2,1-2H3;2*(H3,1,2,3,5)/q+1;;;;/p-1. The molecule has 0 rings (SSSR count). The van der Waals surface area contributed by atoms with E-state index in [0.29, 0.717) is 0 Å². The van der Waals surface area contributed by atoms with Crippen LogP contribution >= 0.6 is 13.4 Å². The van der Waals surface area contributed by atoms with E-state index in [2.05, 4.69) is 79.0 Å². The first-order valence-electron chi connectivity index (χ1n) is 8.47. The molecule has 0 bridgehead atoms. The molecule has 5 N–H and O–H groups in total. The number of hydrogen-bond acceptors (Lipinski definition) is 3. The first-order valence-corrected chi connectivity index (χ1v) is 13.8. The van der Waals surface area contributed by atoms with Crippen molar-refractivity contribution in [2.75, 3.05) is 26.2 Å². The minimum Gasteiger partial charge on any atom is -0.780 e. The van der Waals surface area contributed by atoms with Gasteiger partial charge in [-0.15, -0.1) is 0 Å². The van der Waals surface area contributed by atoms with Crippen molar-refractivity contribution >= 4 is 37.1 Å². The van der Waals surface area contributed by atoms with Crippen LogP contribution in [0.15, 0.2) is 0 Å². The van der Waals surface area contributed by atoms with Gasteiger partial charge in [-0.3, -0.25) is 0 Å². The summed E-state index contributed by atoms with van der Waals surface area (Å²) in [7, 11) is 0. The predicted octanol–water partition coefficient (Wildman–Crippen LogP) is 2.46. The highest BCUT2D eigenvalue weighted by molar-refractivity contribution is 8.06. The minimum atomic E-state index is -4.06. The molecule has 160 valence electrons. The third-order valence-corrected chi connectivity index (χ3v) is 2.68. The third-order valence-electron chi connectivity index (χ3n) is 2.68. The molecular formula is C14H41NO6P2S2. The van der Waals surface area contributed by atoms with Gasteiger partial charge in [-0.25, -0.2) is 0 Å². The average molecular weight is 446 g/mol. The van der Waals surface area contributed by atoms with Gasteiger partial charge in [-0.1, -0.05) is 52.3 Å². The zero-order chi connectivity index (χ0) is 21.7. The maximum absolute atomic E-state index is 9.14. The van der Waals surface area contributed by atoms with Crippen LogP contribution in [0.5, 0.6) is 0 Å². The molecule has 0 saturated carbocycles. The monoisotopic (exact) mass is 445 g/mol. The largest absolute Gasteiger partial charge is 0.780 e. The average Bonchev–Trinajstić information content (AvgIpc) is 2.40. The zero-order valence-corrected chi connectivity index (χ0v) is 20.5. The van der Waals surface area contributed by atoms with E-state index >= 15 is 0 Å². The fourth-order valence-corrected chi connectivity index (χ4v) is 1.34. The van der Waals surface area contributed by atoms with Crippen LogP contribution in [0.2, 0.25) is 0 Å². The summed E-state index contributed by atoms with van der Waals surface area (Å²) >= 11 is 7.10. The summed E-state index contributed by atoms with van der Waals surface area (Å²) in [6.45, 7) is 14.9. The van der Waals surface area contributed by atoms with Crippen LogP contribution in [0.3, 0.4) is 0 Å². The molecule has 0 fully saturated rings. The summed E-state index contributed by atoms with van der Waals surface area (Å²) < 4.78 is 1.28. The molecule has 0 radical (unpaired) electrons. The fourth-order valence-electron chi connectivity index (χ4n) is 1.34. The van der Waals surface area contributed by atoms with Gasteiger partial charge in [0.05, 0.1) is 26.2 Å². The lowest BCUT2D eigenvalue weighted by Crippen LogP contribution is -2.47. The van der Waals surface area contributed by atoms with Crippen LogP contribution in [0, 0.1) is 0 Å². The number of quaternary nitrogens is 1. The molecule has 7 nitrogen and oxygen atoms in total. The van der Waals surface area contributed by atoms with E-state index < -0.39 is 13.4 Å². The topological polar surface area (TPSA) is 124 Å². The molecule has 0 atom stereocenters. The van der Waals surface area contributed by atoms with Gasteiger partial charge < -0.3 is 33.8 Å². The molecule has 0 aliphatic heterocycles. The summed E-state index contributed by atoms with van der Waals surface area (Å²) in [5, 5.41) is 0. The quantitative estimate of drug-likeness (QED) is 0.330. The molecule has 0 aromatic rings. The number of rotatable bonds is 4. The lowest BCUT2D eigenvalue weighted by Gasteiger charge is -2.34. The van der Waals surface area contributed by atoms with Crippen LogP contribution in [0.4, 0.5) is 0 Å². The van der Waals surface area contributed by atoms with E-state index in [1.54, 1.807) is 0 Å². The Morgan fingerprint density at radius 1 is 0.640 bits per heavy atom. The Morgan fingerprint density at radius 3 is 0.720 bits per heavy atom. The molecule has 0 amide bonds. The van der Waals surface area contributed by atoms with Gasteiger partial charge in [-0.2, -0.15) is 0 Å². The molecule has 0 heterocycles. The number of hydrogen-bond donors (Lipinski definition) is 5. The third kappa shape index (κ3) is 78.2. The highest BCUT2D eigenvalue weighted by atomic mass is 32.5. The summed E-state index contributed by atoms with van der Waals surface area (Å²) in [4.78, 5) is 46.7. The van der Waals surface area contributed by atoms with Gasteiger partial charge >= 0.3 is 6.72 Å². The first kappa shape index (κ1) is 36.9. The van der Waals surface area contributed by atoms with Gasteiger partial charge in [0.2, 0.25) is 0 Å². The molecule has 0 unspecified atom stereocenters. The molecule has 0 aromatic carbocycles. The van der Waals surface area contributed by atoms with E-state index in [1.165, 1.54) is 43.5 Å². The minimum absolute atomic E-state index is 1.25. The Labute approximate surface area is 165 Å². The van der Waals surface area contributed by atoms with Crippen molar-refractivity contribution in [2.24, 2.45) is 0 Å². The zero-order valence-electron chi connectivity index (χ0n) is 17.0. The van der Waals surface area contributed by atoms with Crippen molar-refractivity contribution in [1.29, 1.82) is 0 Å². The maximum Gasteiger partial charge on any atom is 0.319 e. The number of nitrogens with zero attached hydrogens (tertiary/aromatic N) is 1. The molecular weight excluding hydrogens is 404 g/mol. The Hall–Kier alpha value is 1.02. The summed E-state index contributed by atoms with van der Waals surface area (Å²) in [5.41, 5.74) is 0. The fraction of sp³-hybridized carbons (Fsp3) is 1.00. The van der Waals surface area contributed by atoms with E-state index in [1.807, 2.05) is 0 Å². The lowest BCUT2D eigenvalue weighted by atomic mass is 10.3. The van der Waals surface area contributed by atoms with Crippen LogP contribution in [-0.4, -0.2) is 55.1 Å². The van der Waals surface area contributed by atoms with E-state index in [4.69, 9.17) is 29.4 Å². The van der Waals surface area contributed by atoms with Gasteiger partial charge in [0.1, 0.15) is 6.72 Å². The molecule has 0 aliphatic rings. The Balaban J connectivity index is -0.0000000721. The SMILES string of the molecule is CCC.CCC.CC[N+](CC)(CC)CC.OP(O)(O)=S.[O-]P(O)(O)=S. The van der Waals surface area contributed by atoms with Crippen LogP contribution in [0.1, 0.15) is 68.2 Å². The highest BCUT2D eigenvalue weighted by Gasteiger charge is 2.16. The van der Waals surface area contributed by atoms with Crippen molar-refractivity contribution in [1.82, 2.24) is 0 Å². The van der Waals surface area contributed by atoms with E-state index in [9.17, 15) is 0 Å². The van der Waals surface area contributed by atoms with Gasteiger partial charge in [0.15, 0.2) is 0 Å². The van der Waals surface area contributed by atoms with Gasteiger partial charge in [0.25, 0.3) is 0 Å². The summed E-state index contributed by atoms with van der Waals surface area (Å²) in [5.74, 6) is 0. The highest BCUT2D eigenvalue weighted by Crippen LogP contribution is 2.26. The summed E-state index contributed by atoms with van der Waals surface area (Å²) in [6.07, 6.45) is 2.50. The van der Waals surface area contributed by atoms with Gasteiger partial charge in [0, 0.05) is 0 Å². The molecule has 0 aromatic heterocycles. The Bertz CT molecular complexity index is 277. The maximum atomic E-state index is 9.14. The van der Waals surface area contributed by atoms with Gasteiger partial charge in [-0.05, 0) is 39.5 Å².